The van der Waals surface area contributed by atoms with Crippen LogP contribution in [0.3, 0.4) is 0 Å². The molecule has 15 nitrogen and oxygen atoms in total. The maximum absolute atomic E-state index is 14.9. The van der Waals surface area contributed by atoms with Gasteiger partial charge in [0.05, 0.1) is 50.8 Å². The predicted octanol–water partition coefficient (Wildman–Crippen LogP) is 3.56. The normalized spacial score (nSPS) is 26.9. The van der Waals surface area contributed by atoms with Crippen LogP contribution in [0.2, 0.25) is 0 Å². The Morgan fingerprint density at radius 1 is 0.786 bits per heavy atom. The average molecular weight is 809 g/mol. The summed E-state index contributed by atoms with van der Waals surface area (Å²) in [6.45, 7) is 4.54. The minimum atomic E-state index is -1.05. The monoisotopic (exact) mass is 808 g/mol. The molecule has 1 spiro atoms. The van der Waals surface area contributed by atoms with E-state index in [1.165, 1.54) is 35.8 Å². The van der Waals surface area contributed by atoms with Crippen molar-refractivity contribution >= 4 is 53.6 Å². The highest BCUT2D eigenvalue weighted by molar-refractivity contribution is 5.90. The van der Waals surface area contributed by atoms with E-state index in [4.69, 9.17) is 18.9 Å². The molecule has 5 fully saturated rings. The van der Waals surface area contributed by atoms with Gasteiger partial charge in [-0.05, 0) is 72.9 Å². The van der Waals surface area contributed by atoms with E-state index >= 15 is 0 Å². The number of aliphatic hydroxyl groups is 2. The van der Waals surface area contributed by atoms with E-state index in [1.54, 1.807) is 24.3 Å². The van der Waals surface area contributed by atoms with E-state index in [2.05, 4.69) is 10.6 Å². The van der Waals surface area contributed by atoms with Gasteiger partial charge < -0.3 is 39.8 Å². The number of halogens is 3. The van der Waals surface area contributed by atoms with Crippen LogP contribution in [0, 0.1) is 11.6 Å². The van der Waals surface area contributed by atoms with E-state index in [0.29, 0.717) is 61.4 Å². The molecule has 3 aliphatic heterocycles. The highest BCUT2D eigenvalue weighted by Crippen LogP contribution is 2.43. The third kappa shape index (κ3) is 9.74. The summed E-state index contributed by atoms with van der Waals surface area (Å²) in [5, 5.41) is 25.4. The second-order valence-electron chi connectivity index (χ2n) is 14.5. The van der Waals surface area contributed by atoms with Gasteiger partial charge in [0.15, 0.2) is 11.6 Å². The number of cyclic esters (lactones) is 2. The topological polar surface area (TPSA) is 193 Å². The van der Waals surface area contributed by atoms with Crippen molar-refractivity contribution in [3.63, 3.8) is 0 Å². The molecule has 3 saturated heterocycles. The molecule has 2 aromatic carbocycles. The van der Waals surface area contributed by atoms with Gasteiger partial charge in [-0.1, -0.05) is 12.1 Å². The van der Waals surface area contributed by atoms with Crippen LogP contribution in [0.25, 0.3) is 0 Å². The molecule has 0 bridgehead atoms. The number of nitrogens with zero attached hydrogens (tertiary/aromatic N) is 2. The van der Waals surface area contributed by atoms with Gasteiger partial charge in [-0.2, -0.15) is 0 Å². The Bertz CT molecular complexity index is 1800. The number of nitrogens with one attached hydrogen (secondary N) is 2. The number of amides is 4. The van der Waals surface area contributed by atoms with Crippen molar-refractivity contribution in [2.24, 2.45) is 0 Å². The summed E-state index contributed by atoms with van der Waals surface area (Å²) in [5.41, 5.74) is 1.71. The summed E-state index contributed by atoms with van der Waals surface area (Å²) >= 11 is 0. The van der Waals surface area contributed by atoms with Crippen LogP contribution >= 0.6 is 12.4 Å². The number of carbonyl (C=O) groups excluding carboxylic acids is 5. The smallest absolute Gasteiger partial charge is 0.414 e. The van der Waals surface area contributed by atoms with E-state index < -0.39 is 54.0 Å². The molecule has 5 aliphatic rings. The van der Waals surface area contributed by atoms with E-state index in [1.807, 2.05) is 0 Å². The first-order valence-corrected chi connectivity index (χ1v) is 18.4. The Labute approximate surface area is 328 Å². The Morgan fingerprint density at radius 2 is 1.27 bits per heavy atom. The minimum absolute atomic E-state index is 0. The molecule has 0 unspecified atom stereocenters. The first-order valence-electron chi connectivity index (χ1n) is 18.4. The van der Waals surface area contributed by atoms with Crippen LogP contribution in [0.5, 0.6) is 0 Å². The van der Waals surface area contributed by atoms with Gasteiger partial charge in [-0.15, -0.1) is 12.4 Å². The molecule has 2 aromatic rings. The number of hydrogen-bond acceptors (Lipinski definition) is 11. The lowest BCUT2D eigenvalue weighted by Crippen LogP contribution is -2.47. The van der Waals surface area contributed by atoms with Gasteiger partial charge in [0.1, 0.15) is 36.1 Å². The number of anilines is 2. The van der Waals surface area contributed by atoms with Crippen molar-refractivity contribution in [3.8, 4) is 0 Å². The maximum atomic E-state index is 14.9. The lowest BCUT2D eigenvalue weighted by Gasteiger charge is -2.39. The SMILES string of the molecule is CC(=O)NC[C@H]1CN(c2ccc([C@@H]3CCC(=O)[C@@H](O)C3)c(F)c2)C(=O)O1.CC(=O)NC[C@H]1CN(c2ccc([C@@H]3CCC4(OCCO4)[C@@H](O)C3)c(F)c2)C(=O)O1.Cl. The lowest BCUT2D eigenvalue weighted by molar-refractivity contribution is -0.238. The third-order valence-electron chi connectivity index (χ3n) is 10.6. The van der Waals surface area contributed by atoms with Crippen LogP contribution in [0.15, 0.2) is 36.4 Å². The average Bonchev–Trinajstić information content (AvgIpc) is 3.88. The molecule has 0 aromatic heterocycles. The summed E-state index contributed by atoms with van der Waals surface area (Å²) in [4.78, 5) is 60.2. The van der Waals surface area contributed by atoms with Crippen LogP contribution in [0.1, 0.15) is 75.3 Å². The summed E-state index contributed by atoms with van der Waals surface area (Å²) in [6, 6.07) is 9.14. The molecular weight excluding hydrogens is 762 g/mol. The van der Waals surface area contributed by atoms with Crippen LogP contribution in [-0.4, -0.2) is 110 Å². The Kier molecular flexibility index (Phi) is 13.9. The number of rotatable bonds is 8. The molecule has 2 saturated carbocycles. The van der Waals surface area contributed by atoms with Crippen molar-refractivity contribution in [3.05, 3.63) is 59.2 Å². The number of Topliss-reactive ketones (excluding diaryl/α,β-unsaturated/α-hetero) is 1. The van der Waals surface area contributed by atoms with Crippen LogP contribution in [0.4, 0.5) is 29.7 Å². The lowest BCUT2D eigenvalue weighted by atomic mass is 9.79. The quantitative estimate of drug-likeness (QED) is 0.305. The summed E-state index contributed by atoms with van der Waals surface area (Å²) in [5.74, 6) is -2.87. The number of benzene rings is 2. The number of ketones is 1. The summed E-state index contributed by atoms with van der Waals surface area (Å²) in [6.07, 6.45) is -1.57. The molecule has 6 atom stereocenters. The molecule has 0 radical (unpaired) electrons. The first-order chi connectivity index (χ1) is 26.2. The zero-order chi connectivity index (χ0) is 39.4. The number of ether oxygens (including phenoxy) is 4. The molecule has 3 heterocycles. The zero-order valence-corrected chi connectivity index (χ0v) is 31.9. The van der Waals surface area contributed by atoms with Crippen molar-refractivity contribution in [1.82, 2.24) is 10.6 Å². The van der Waals surface area contributed by atoms with Gasteiger partial charge in [0.25, 0.3) is 0 Å². The molecule has 56 heavy (non-hydrogen) atoms. The maximum Gasteiger partial charge on any atom is 0.414 e. The van der Waals surface area contributed by atoms with Crippen molar-refractivity contribution in [2.45, 2.75) is 94.4 Å². The molecule has 7 rings (SSSR count). The third-order valence-corrected chi connectivity index (χ3v) is 10.6. The molecule has 2 aliphatic carbocycles. The van der Waals surface area contributed by atoms with Crippen LogP contribution < -0.4 is 20.4 Å². The van der Waals surface area contributed by atoms with Crippen LogP contribution in [-0.2, 0) is 33.3 Å². The highest BCUT2D eigenvalue weighted by atomic mass is 35.5. The van der Waals surface area contributed by atoms with Gasteiger partial charge >= 0.3 is 12.2 Å². The predicted molar refractivity (Wildman–Crippen MR) is 197 cm³/mol. The highest BCUT2D eigenvalue weighted by Gasteiger charge is 2.48. The summed E-state index contributed by atoms with van der Waals surface area (Å²) in [7, 11) is 0. The summed E-state index contributed by atoms with van der Waals surface area (Å²) < 4.78 is 51.1. The van der Waals surface area contributed by atoms with Gasteiger partial charge in [-0.25, -0.2) is 18.4 Å². The van der Waals surface area contributed by atoms with Crippen molar-refractivity contribution < 1.29 is 61.9 Å². The molecule has 4 N–H and O–H groups in total. The fraction of sp³-hybridized carbons (Fsp3) is 0.553. The standard InChI is InChI=1S/C20H25FN2O6.C18H21FN2O5.ClH/c1-12(24)22-10-15-11-23(19(26)29-15)14-2-3-16(17(21)9-14)13-4-5-20(18(25)8-13)27-6-7-28-20;1-10(22)20-8-13-9-21(18(25)26-13)12-3-4-14(15(19)7-12)11-2-5-16(23)17(24)6-11;/h2-3,9,13,15,18,25H,4-8,10-11H2,1H3,(H,22,24);3-4,7,11,13,17,24H,2,5-6,8-9H2,1H3,(H,20,22);1H/t13-,15+,18+;11-,13+,17+;/m11./s1. The van der Waals surface area contributed by atoms with Gasteiger partial charge in [-0.3, -0.25) is 24.2 Å². The largest absolute Gasteiger partial charge is 0.442 e. The Hall–Kier alpha value is -4.42. The molecule has 18 heteroatoms. The fourth-order valence-corrected chi connectivity index (χ4v) is 7.71. The van der Waals surface area contributed by atoms with E-state index in [-0.39, 0.29) is 80.9 Å². The van der Waals surface area contributed by atoms with E-state index in [0.717, 1.165) is 0 Å². The first kappa shape index (κ1) is 42.7. The molecular formula is C38H47ClF2N4O11. The molecule has 306 valence electrons. The van der Waals surface area contributed by atoms with E-state index in [9.17, 15) is 43.0 Å². The Morgan fingerprint density at radius 3 is 1.70 bits per heavy atom. The minimum Gasteiger partial charge on any atom is -0.442 e. The number of aliphatic hydroxyl groups excluding tert-OH is 2. The van der Waals surface area contributed by atoms with Crippen molar-refractivity contribution in [2.75, 3.05) is 49.2 Å². The molecule has 4 amide bonds. The van der Waals surface area contributed by atoms with Gasteiger partial charge in [0, 0.05) is 26.7 Å². The zero-order valence-electron chi connectivity index (χ0n) is 31.0. The van der Waals surface area contributed by atoms with Gasteiger partial charge in [0.2, 0.25) is 11.8 Å². The fourth-order valence-electron chi connectivity index (χ4n) is 7.71. The second kappa shape index (κ2) is 18.2. The second-order valence-corrected chi connectivity index (χ2v) is 14.5. The van der Waals surface area contributed by atoms with Crippen molar-refractivity contribution in [1.29, 1.82) is 0 Å². The number of hydrogen-bond donors (Lipinski definition) is 4. The number of carbonyl (C=O) groups is 5. The Balaban J connectivity index is 0.000000212.